The predicted molar refractivity (Wildman–Crippen MR) is 63.2 cm³/mol. The van der Waals surface area contributed by atoms with Crippen molar-refractivity contribution in [2.24, 2.45) is 0 Å². The Hall–Kier alpha value is -0.780. The summed E-state index contributed by atoms with van der Waals surface area (Å²) >= 11 is 8.64. The quantitative estimate of drug-likeness (QED) is 0.787. The smallest absolute Gasteiger partial charge is 0.299 e. The molecule has 1 aromatic heterocycles. The molecule has 0 saturated carbocycles. The molecule has 15 heavy (non-hydrogen) atoms. The van der Waals surface area contributed by atoms with Crippen LogP contribution < -0.4 is 4.74 Å². The van der Waals surface area contributed by atoms with Crippen molar-refractivity contribution in [1.82, 2.24) is 9.36 Å². The maximum Gasteiger partial charge on any atom is 0.299 e. The molecule has 0 aliphatic heterocycles. The van der Waals surface area contributed by atoms with Gasteiger partial charge in [-0.1, -0.05) is 35.5 Å². The zero-order valence-corrected chi connectivity index (χ0v) is 10.2. The third-order valence-electron chi connectivity index (χ3n) is 1.61. The third-order valence-corrected chi connectivity index (χ3v) is 3.18. The van der Waals surface area contributed by atoms with E-state index in [0.29, 0.717) is 21.1 Å². The number of thioether (sulfide) groups is 1. The van der Waals surface area contributed by atoms with Gasteiger partial charge < -0.3 is 4.74 Å². The first-order valence-corrected chi connectivity index (χ1v) is 6.47. The van der Waals surface area contributed by atoms with Gasteiger partial charge in [-0.05, 0) is 18.4 Å². The zero-order chi connectivity index (χ0) is 10.7. The number of rotatable bonds is 3. The summed E-state index contributed by atoms with van der Waals surface area (Å²) < 4.78 is 9.58. The van der Waals surface area contributed by atoms with Crippen LogP contribution in [0.5, 0.6) is 10.9 Å². The molecular weight excluding hydrogens is 252 g/mol. The Morgan fingerprint density at radius 2 is 2.20 bits per heavy atom. The Kier molecular flexibility index (Phi) is 3.45. The number of halogens is 1. The predicted octanol–water partition coefficient (Wildman–Crippen LogP) is 3.71. The molecule has 0 aliphatic rings. The topological polar surface area (TPSA) is 35.0 Å². The maximum absolute atomic E-state index is 5.94. The Labute approximate surface area is 101 Å². The molecule has 0 radical (unpaired) electrons. The number of benzene rings is 1. The lowest BCUT2D eigenvalue weighted by Crippen LogP contribution is -1.83. The summed E-state index contributed by atoms with van der Waals surface area (Å²) in [5.74, 6) is 0.600. The molecule has 78 valence electrons. The Morgan fingerprint density at radius 1 is 1.40 bits per heavy atom. The highest BCUT2D eigenvalue weighted by Crippen LogP contribution is 2.30. The van der Waals surface area contributed by atoms with Gasteiger partial charge in [-0.15, -0.1) is 0 Å². The molecule has 1 heterocycles. The molecule has 0 amide bonds. The van der Waals surface area contributed by atoms with E-state index in [2.05, 4.69) is 9.36 Å². The Morgan fingerprint density at radius 3 is 2.87 bits per heavy atom. The summed E-state index contributed by atoms with van der Waals surface area (Å²) in [7, 11) is 0. The number of hydrogen-bond donors (Lipinski definition) is 0. The molecular formula is C9H7ClN2OS2. The first kappa shape index (κ1) is 10.7. The van der Waals surface area contributed by atoms with Crippen LogP contribution >= 0.6 is 34.9 Å². The molecule has 0 saturated heterocycles. The SMILES string of the molecule is CSc1nsc(Oc2ccccc2Cl)n1. The molecule has 0 bridgehead atoms. The summed E-state index contributed by atoms with van der Waals surface area (Å²) in [6.45, 7) is 0. The number of nitrogens with zero attached hydrogens (tertiary/aromatic N) is 2. The van der Waals surface area contributed by atoms with Crippen molar-refractivity contribution in [1.29, 1.82) is 0 Å². The molecule has 3 nitrogen and oxygen atoms in total. The van der Waals surface area contributed by atoms with Crippen LogP contribution in [-0.4, -0.2) is 15.6 Å². The van der Waals surface area contributed by atoms with Crippen molar-refractivity contribution in [2.75, 3.05) is 6.26 Å². The largest absolute Gasteiger partial charge is 0.428 e. The van der Waals surface area contributed by atoms with E-state index in [9.17, 15) is 0 Å². The number of aromatic nitrogens is 2. The van der Waals surface area contributed by atoms with Crippen molar-refractivity contribution in [3.8, 4) is 10.9 Å². The van der Waals surface area contributed by atoms with Gasteiger partial charge in [-0.3, -0.25) is 0 Å². The van der Waals surface area contributed by atoms with Crippen molar-refractivity contribution in [3.05, 3.63) is 29.3 Å². The van der Waals surface area contributed by atoms with Gasteiger partial charge >= 0.3 is 0 Å². The van der Waals surface area contributed by atoms with Gasteiger partial charge in [0, 0.05) is 11.5 Å². The molecule has 6 heteroatoms. The Balaban J connectivity index is 2.18. The number of ether oxygens (including phenoxy) is 1. The second-order valence-corrected chi connectivity index (χ2v) is 4.47. The van der Waals surface area contributed by atoms with Crippen molar-refractivity contribution in [3.63, 3.8) is 0 Å². The molecule has 0 spiro atoms. The first-order valence-electron chi connectivity index (χ1n) is 4.09. The third kappa shape index (κ3) is 2.62. The normalized spacial score (nSPS) is 10.3. The van der Waals surface area contributed by atoms with Crippen LogP contribution in [-0.2, 0) is 0 Å². The van der Waals surface area contributed by atoms with Crippen LogP contribution in [0.1, 0.15) is 0 Å². The minimum Gasteiger partial charge on any atom is -0.428 e. The molecule has 0 N–H and O–H groups in total. The van der Waals surface area contributed by atoms with E-state index in [-0.39, 0.29) is 0 Å². The lowest BCUT2D eigenvalue weighted by atomic mass is 10.3. The first-order chi connectivity index (χ1) is 7.29. The fraction of sp³-hybridized carbons (Fsp3) is 0.111. The van der Waals surface area contributed by atoms with Crippen LogP contribution in [0.3, 0.4) is 0 Å². The van der Waals surface area contributed by atoms with Gasteiger partial charge in [-0.25, -0.2) is 0 Å². The fourth-order valence-electron chi connectivity index (χ4n) is 0.943. The van der Waals surface area contributed by atoms with E-state index in [0.717, 1.165) is 0 Å². The molecule has 0 unspecified atom stereocenters. The minimum atomic E-state index is 0.507. The van der Waals surface area contributed by atoms with Gasteiger partial charge in [-0.2, -0.15) is 9.36 Å². The zero-order valence-electron chi connectivity index (χ0n) is 7.81. The van der Waals surface area contributed by atoms with Crippen LogP contribution in [0.4, 0.5) is 0 Å². The lowest BCUT2D eigenvalue weighted by molar-refractivity contribution is 0.476. The van der Waals surface area contributed by atoms with Crippen LogP contribution in [0.15, 0.2) is 29.4 Å². The van der Waals surface area contributed by atoms with E-state index in [4.69, 9.17) is 16.3 Å². The second kappa shape index (κ2) is 4.83. The van der Waals surface area contributed by atoms with Gasteiger partial charge in [0.2, 0.25) is 5.16 Å². The number of hydrogen-bond acceptors (Lipinski definition) is 5. The van der Waals surface area contributed by atoms with Crippen molar-refractivity contribution < 1.29 is 4.74 Å². The minimum absolute atomic E-state index is 0.507. The Bertz CT molecular complexity index is 461. The van der Waals surface area contributed by atoms with Crippen LogP contribution in [0, 0.1) is 0 Å². The standard InChI is InChI=1S/C9H7ClN2OS2/c1-14-8-11-9(15-12-8)13-7-5-3-2-4-6(7)10/h2-5H,1H3. The van der Waals surface area contributed by atoms with E-state index in [1.807, 2.05) is 18.4 Å². The number of para-hydroxylation sites is 1. The monoisotopic (exact) mass is 258 g/mol. The highest BCUT2D eigenvalue weighted by atomic mass is 35.5. The molecule has 2 aromatic rings. The van der Waals surface area contributed by atoms with Gasteiger partial charge in [0.15, 0.2) is 0 Å². The fourth-order valence-corrected chi connectivity index (χ4v) is 2.21. The van der Waals surface area contributed by atoms with E-state index >= 15 is 0 Å². The summed E-state index contributed by atoms with van der Waals surface area (Å²) in [6, 6.07) is 7.27. The summed E-state index contributed by atoms with van der Waals surface area (Å²) in [5, 5.41) is 1.79. The molecule has 0 aliphatic carbocycles. The molecule has 2 rings (SSSR count). The van der Waals surface area contributed by atoms with Gasteiger partial charge in [0.05, 0.1) is 5.02 Å². The second-order valence-electron chi connectivity index (χ2n) is 2.58. The van der Waals surface area contributed by atoms with Crippen molar-refractivity contribution >= 4 is 34.9 Å². The molecule has 0 atom stereocenters. The molecule has 1 aromatic carbocycles. The van der Waals surface area contributed by atoms with E-state index < -0.39 is 0 Å². The average Bonchev–Trinajstić information content (AvgIpc) is 2.69. The van der Waals surface area contributed by atoms with Crippen molar-refractivity contribution in [2.45, 2.75) is 5.16 Å². The van der Waals surface area contributed by atoms with Gasteiger partial charge in [0.25, 0.3) is 5.19 Å². The molecule has 0 fully saturated rings. The highest BCUT2D eigenvalue weighted by molar-refractivity contribution is 7.98. The summed E-state index contributed by atoms with van der Waals surface area (Å²) in [4.78, 5) is 4.15. The average molecular weight is 259 g/mol. The maximum atomic E-state index is 5.94. The lowest BCUT2D eigenvalue weighted by Gasteiger charge is -2.01. The highest BCUT2D eigenvalue weighted by Gasteiger charge is 2.07. The van der Waals surface area contributed by atoms with Crippen LogP contribution in [0.25, 0.3) is 0 Å². The van der Waals surface area contributed by atoms with Gasteiger partial charge in [0.1, 0.15) is 5.75 Å². The van der Waals surface area contributed by atoms with Crippen LogP contribution in [0.2, 0.25) is 5.02 Å². The van der Waals surface area contributed by atoms with E-state index in [1.165, 1.54) is 23.3 Å². The summed E-state index contributed by atoms with van der Waals surface area (Å²) in [6.07, 6.45) is 1.92. The summed E-state index contributed by atoms with van der Waals surface area (Å²) in [5.41, 5.74) is 0. The van der Waals surface area contributed by atoms with E-state index in [1.54, 1.807) is 12.1 Å².